The molecule has 1 fully saturated rings. The lowest BCUT2D eigenvalue weighted by atomic mass is 10.0. The van der Waals surface area contributed by atoms with E-state index in [9.17, 15) is 0 Å². The van der Waals surface area contributed by atoms with E-state index in [-0.39, 0.29) is 6.61 Å². The van der Waals surface area contributed by atoms with E-state index in [0.29, 0.717) is 12.1 Å². The standard InChI is InChI=1S/C14H23N3O/c1-12-9-17(10-13-4-3-6-15-8-13)11-14(5-7-18)16(12)2/h3-4,6,8,12,14,18H,5,7,9-11H2,1-2H3. The van der Waals surface area contributed by atoms with Gasteiger partial charge in [-0.2, -0.15) is 0 Å². The van der Waals surface area contributed by atoms with Crippen LogP contribution in [0.1, 0.15) is 18.9 Å². The van der Waals surface area contributed by atoms with Gasteiger partial charge in [-0.1, -0.05) is 6.07 Å². The highest BCUT2D eigenvalue weighted by Crippen LogP contribution is 2.17. The van der Waals surface area contributed by atoms with Crippen LogP contribution in [0, 0.1) is 0 Å². The number of hydrogen-bond acceptors (Lipinski definition) is 4. The first-order valence-corrected chi connectivity index (χ1v) is 6.64. The Morgan fingerprint density at radius 3 is 2.94 bits per heavy atom. The van der Waals surface area contributed by atoms with Gasteiger partial charge in [0.15, 0.2) is 0 Å². The SMILES string of the molecule is CC1CN(Cc2cccnc2)CC(CCO)N1C. The first kappa shape index (κ1) is 13.5. The molecule has 18 heavy (non-hydrogen) atoms. The van der Waals surface area contributed by atoms with Crippen molar-refractivity contribution in [3.63, 3.8) is 0 Å². The minimum atomic E-state index is 0.266. The van der Waals surface area contributed by atoms with Gasteiger partial charge in [0, 0.05) is 50.7 Å². The number of nitrogens with zero attached hydrogens (tertiary/aromatic N) is 3. The molecule has 0 aromatic carbocycles. The van der Waals surface area contributed by atoms with Crippen molar-refractivity contribution in [2.24, 2.45) is 0 Å². The fourth-order valence-electron chi connectivity index (χ4n) is 2.69. The van der Waals surface area contributed by atoms with Gasteiger partial charge in [0.1, 0.15) is 0 Å². The monoisotopic (exact) mass is 249 g/mol. The Balaban J connectivity index is 1.97. The topological polar surface area (TPSA) is 39.6 Å². The highest BCUT2D eigenvalue weighted by Gasteiger charge is 2.28. The van der Waals surface area contributed by atoms with E-state index in [1.54, 1.807) is 0 Å². The summed E-state index contributed by atoms with van der Waals surface area (Å²) in [5, 5.41) is 9.14. The number of aromatic nitrogens is 1. The third kappa shape index (κ3) is 3.28. The third-order valence-electron chi connectivity index (χ3n) is 3.85. The van der Waals surface area contributed by atoms with E-state index >= 15 is 0 Å². The van der Waals surface area contributed by atoms with Gasteiger partial charge in [0.25, 0.3) is 0 Å². The van der Waals surface area contributed by atoms with E-state index < -0.39 is 0 Å². The Kier molecular flexibility index (Phi) is 4.69. The Hall–Kier alpha value is -0.970. The van der Waals surface area contributed by atoms with Gasteiger partial charge in [0.2, 0.25) is 0 Å². The van der Waals surface area contributed by atoms with Gasteiger partial charge in [-0.15, -0.1) is 0 Å². The van der Waals surface area contributed by atoms with Crippen LogP contribution in [-0.4, -0.2) is 58.7 Å². The number of rotatable bonds is 4. The molecule has 100 valence electrons. The number of aliphatic hydroxyl groups excluding tert-OH is 1. The van der Waals surface area contributed by atoms with Gasteiger partial charge in [-0.25, -0.2) is 0 Å². The predicted molar refractivity (Wildman–Crippen MR) is 72.2 cm³/mol. The summed E-state index contributed by atoms with van der Waals surface area (Å²) < 4.78 is 0. The number of piperazine rings is 1. The van der Waals surface area contributed by atoms with Gasteiger partial charge >= 0.3 is 0 Å². The molecule has 1 aromatic rings. The fraction of sp³-hybridized carbons (Fsp3) is 0.643. The number of hydrogen-bond donors (Lipinski definition) is 1. The molecule has 0 radical (unpaired) electrons. The van der Waals surface area contributed by atoms with Crippen LogP contribution in [0.5, 0.6) is 0 Å². The quantitative estimate of drug-likeness (QED) is 0.863. The molecule has 1 saturated heterocycles. The van der Waals surface area contributed by atoms with Crippen molar-refractivity contribution in [1.82, 2.24) is 14.8 Å². The van der Waals surface area contributed by atoms with Crippen molar-refractivity contribution in [3.05, 3.63) is 30.1 Å². The largest absolute Gasteiger partial charge is 0.396 e. The maximum atomic E-state index is 9.14. The minimum absolute atomic E-state index is 0.266. The second kappa shape index (κ2) is 6.27. The molecule has 0 saturated carbocycles. The van der Waals surface area contributed by atoms with Crippen LogP contribution in [0.4, 0.5) is 0 Å². The van der Waals surface area contributed by atoms with Crippen LogP contribution in [-0.2, 0) is 6.54 Å². The second-order valence-electron chi connectivity index (χ2n) is 5.24. The Morgan fingerprint density at radius 2 is 2.28 bits per heavy atom. The molecule has 0 amide bonds. The summed E-state index contributed by atoms with van der Waals surface area (Å²) in [5.41, 5.74) is 1.26. The molecule has 0 aliphatic carbocycles. The van der Waals surface area contributed by atoms with Crippen LogP contribution in [0.25, 0.3) is 0 Å². The summed E-state index contributed by atoms with van der Waals surface area (Å²) in [6, 6.07) is 5.10. The zero-order valence-corrected chi connectivity index (χ0v) is 11.3. The molecule has 0 bridgehead atoms. The van der Waals surface area contributed by atoms with Crippen molar-refractivity contribution < 1.29 is 5.11 Å². The summed E-state index contributed by atoms with van der Waals surface area (Å²) in [6.07, 6.45) is 4.60. The lowest BCUT2D eigenvalue weighted by molar-refractivity contribution is 0.0351. The van der Waals surface area contributed by atoms with Crippen molar-refractivity contribution >= 4 is 0 Å². The van der Waals surface area contributed by atoms with Crippen LogP contribution in [0.2, 0.25) is 0 Å². The van der Waals surface area contributed by atoms with E-state index in [0.717, 1.165) is 26.1 Å². The maximum Gasteiger partial charge on any atom is 0.0446 e. The third-order valence-corrected chi connectivity index (χ3v) is 3.85. The van der Waals surface area contributed by atoms with Gasteiger partial charge in [0.05, 0.1) is 0 Å². The van der Waals surface area contributed by atoms with Gasteiger partial charge in [-0.05, 0) is 32.0 Å². The normalized spacial score (nSPS) is 26.4. The van der Waals surface area contributed by atoms with E-state index in [2.05, 4.69) is 34.8 Å². The van der Waals surface area contributed by atoms with Crippen molar-refractivity contribution in [1.29, 1.82) is 0 Å². The minimum Gasteiger partial charge on any atom is -0.396 e. The highest BCUT2D eigenvalue weighted by atomic mass is 16.3. The molecule has 0 spiro atoms. The molecular weight excluding hydrogens is 226 g/mol. The second-order valence-corrected chi connectivity index (χ2v) is 5.24. The Morgan fingerprint density at radius 1 is 1.44 bits per heavy atom. The van der Waals surface area contributed by atoms with Crippen LogP contribution >= 0.6 is 0 Å². The molecule has 4 nitrogen and oxygen atoms in total. The average Bonchev–Trinajstić information content (AvgIpc) is 2.37. The summed E-state index contributed by atoms with van der Waals surface area (Å²) in [5.74, 6) is 0. The summed E-state index contributed by atoms with van der Waals surface area (Å²) in [4.78, 5) is 9.01. The first-order valence-electron chi connectivity index (χ1n) is 6.64. The maximum absolute atomic E-state index is 9.14. The summed E-state index contributed by atoms with van der Waals surface area (Å²) in [6.45, 7) is 5.57. The smallest absolute Gasteiger partial charge is 0.0446 e. The predicted octanol–water partition coefficient (Wildman–Crippen LogP) is 0.968. The molecule has 2 heterocycles. The molecular formula is C14H23N3O. The van der Waals surface area contributed by atoms with E-state index in [1.165, 1.54) is 5.56 Å². The molecule has 1 aliphatic rings. The number of likely N-dealkylation sites (N-methyl/N-ethyl adjacent to an activating group) is 1. The lowest BCUT2D eigenvalue weighted by Crippen LogP contribution is -2.55. The first-order chi connectivity index (χ1) is 8.70. The zero-order chi connectivity index (χ0) is 13.0. The Labute approximate surface area is 109 Å². The average molecular weight is 249 g/mol. The fourth-order valence-corrected chi connectivity index (χ4v) is 2.69. The molecule has 2 unspecified atom stereocenters. The zero-order valence-electron chi connectivity index (χ0n) is 11.3. The molecule has 1 aliphatic heterocycles. The van der Waals surface area contributed by atoms with Crippen molar-refractivity contribution in [2.75, 3.05) is 26.7 Å². The lowest BCUT2D eigenvalue weighted by Gasteiger charge is -2.43. The summed E-state index contributed by atoms with van der Waals surface area (Å²) in [7, 11) is 2.16. The van der Waals surface area contributed by atoms with E-state index in [4.69, 9.17) is 5.11 Å². The van der Waals surface area contributed by atoms with Crippen LogP contribution < -0.4 is 0 Å². The highest BCUT2D eigenvalue weighted by molar-refractivity contribution is 5.08. The van der Waals surface area contributed by atoms with Gasteiger partial charge < -0.3 is 5.11 Å². The number of aliphatic hydroxyl groups is 1. The van der Waals surface area contributed by atoms with Crippen LogP contribution in [0.15, 0.2) is 24.5 Å². The van der Waals surface area contributed by atoms with Crippen molar-refractivity contribution in [3.8, 4) is 0 Å². The van der Waals surface area contributed by atoms with Crippen LogP contribution in [0.3, 0.4) is 0 Å². The molecule has 1 N–H and O–H groups in total. The van der Waals surface area contributed by atoms with E-state index in [1.807, 2.05) is 18.5 Å². The molecule has 4 heteroatoms. The van der Waals surface area contributed by atoms with Crippen molar-refractivity contribution in [2.45, 2.75) is 32.0 Å². The van der Waals surface area contributed by atoms with Gasteiger partial charge in [-0.3, -0.25) is 14.8 Å². The summed E-state index contributed by atoms with van der Waals surface area (Å²) >= 11 is 0. The Bertz CT molecular complexity index is 357. The molecule has 2 rings (SSSR count). The number of pyridine rings is 1. The molecule has 2 atom stereocenters. The molecule has 1 aromatic heterocycles.